The summed E-state index contributed by atoms with van der Waals surface area (Å²) in [6, 6.07) is 14.5. The second kappa shape index (κ2) is 10.0. The van der Waals surface area contributed by atoms with Crippen LogP contribution >= 0.6 is 11.3 Å². The number of likely N-dealkylation sites (tertiary alicyclic amines) is 1. The van der Waals surface area contributed by atoms with Crippen LogP contribution in [0.25, 0.3) is 21.4 Å². The van der Waals surface area contributed by atoms with Gasteiger partial charge in [0, 0.05) is 18.5 Å². The number of amides is 2. The molecule has 2 aromatic heterocycles. The highest BCUT2D eigenvalue weighted by atomic mass is 32.1. The van der Waals surface area contributed by atoms with Gasteiger partial charge in [0.05, 0.1) is 33.7 Å². The van der Waals surface area contributed by atoms with Gasteiger partial charge in [0.15, 0.2) is 0 Å². The maximum absolute atomic E-state index is 14.1. The van der Waals surface area contributed by atoms with Crippen LogP contribution in [-0.2, 0) is 0 Å². The number of nitrogens with zero attached hydrogens (tertiary/aromatic N) is 2. The first kappa shape index (κ1) is 25.0. The highest BCUT2D eigenvalue weighted by Crippen LogP contribution is 2.39. The topological polar surface area (TPSA) is 75.4 Å². The molecular weight excluding hydrogens is 503 g/mol. The Kier molecular flexibility index (Phi) is 6.76. The van der Waals surface area contributed by atoms with E-state index in [9.17, 15) is 22.8 Å². The van der Waals surface area contributed by atoms with Crippen LogP contribution in [0.1, 0.15) is 38.7 Å². The zero-order chi connectivity index (χ0) is 26.2. The zero-order valence-electron chi connectivity index (χ0n) is 19.9. The third-order valence-electron chi connectivity index (χ3n) is 6.65. The van der Waals surface area contributed by atoms with Crippen LogP contribution in [0.5, 0.6) is 0 Å². The third-order valence-corrected chi connectivity index (χ3v) is 7.66. The van der Waals surface area contributed by atoms with Gasteiger partial charge in [0.1, 0.15) is 11.3 Å². The number of carbonyl (C=O) groups is 2. The van der Waals surface area contributed by atoms with E-state index in [1.165, 1.54) is 22.5 Å². The number of hydrogen-bond donors (Lipinski definition) is 1. The zero-order valence-corrected chi connectivity index (χ0v) is 20.7. The number of halogens is 3. The number of carbonyl (C=O) groups excluding carboxylic acids is 2. The fourth-order valence-corrected chi connectivity index (χ4v) is 5.84. The molecule has 1 unspecified atom stereocenters. The number of furan rings is 1. The molecule has 5 rings (SSSR count). The summed E-state index contributed by atoms with van der Waals surface area (Å²) in [5.41, 5.74) is 1.71. The molecule has 0 aliphatic carbocycles. The molecule has 1 saturated heterocycles. The van der Waals surface area contributed by atoms with Gasteiger partial charge in [-0.15, -0.1) is 11.3 Å². The molecule has 0 spiro atoms. The van der Waals surface area contributed by atoms with Gasteiger partial charge in [0.25, 0.3) is 11.8 Å². The van der Waals surface area contributed by atoms with E-state index in [2.05, 4.69) is 10.3 Å². The Bertz CT molecular complexity index is 1430. The minimum absolute atomic E-state index is 0.118. The lowest BCUT2D eigenvalue weighted by atomic mass is 9.87. The van der Waals surface area contributed by atoms with Crippen molar-refractivity contribution < 1.29 is 27.2 Å². The second-order valence-electron chi connectivity index (χ2n) is 8.98. The lowest BCUT2D eigenvalue weighted by molar-refractivity contribution is -0.196. The molecule has 1 fully saturated rings. The maximum atomic E-state index is 14.1. The van der Waals surface area contributed by atoms with Crippen molar-refractivity contribution in [3.05, 3.63) is 77.1 Å². The summed E-state index contributed by atoms with van der Waals surface area (Å²) in [6.07, 6.45) is -2.99. The first-order chi connectivity index (χ1) is 17.7. The molecule has 1 N–H and O–H groups in total. The lowest BCUT2D eigenvalue weighted by Crippen LogP contribution is -2.57. The predicted octanol–water partition coefficient (Wildman–Crippen LogP) is 6.08. The molecule has 4 aromatic rings. The quantitative estimate of drug-likeness (QED) is 0.342. The van der Waals surface area contributed by atoms with Crippen LogP contribution in [0.15, 0.2) is 65.3 Å². The summed E-state index contributed by atoms with van der Waals surface area (Å²) < 4.78 is 47.7. The number of thiazole rings is 1. The minimum Gasteiger partial charge on any atom is -0.464 e. The average molecular weight is 528 g/mol. The van der Waals surface area contributed by atoms with Crippen molar-refractivity contribution in [1.29, 1.82) is 0 Å². The summed E-state index contributed by atoms with van der Waals surface area (Å²) in [6.45, 7) is 1.57. The standard InChI is InChI=1S/C27H24F3N3O3S/c1-16-32-23(24(37-16)17-7-3-2-4-8-17)26(35)33-13-6-10-20(27(28,29)30)21(33)15-31-25(34)19-9-5-11-22-18(19)12-14-36-22/h2-5,7-9,11-12,14,20-21H,6,10,13,15H2,1H3,(H,31,34)/t20-,21?/m1/s1. The van der Waals surface area contributed by atoms with Crippen LogP contribution in [0, 0.1) is 12.8 Å². The number of piperidine rings is 1. The van der Waals surface area contributed by atoms with E-state index < -0.39 is 30.0 Å². The number of rotatable bonds is 5. The van der Waals surface area contributed by atoms with E-state index in [4.69, 9.17) is 4.42 Å². The van der Waals surface area contributed by atoms with Crippen molar-refractivity contribution in [1.82, 2.24) is 15.2 Å². The van der Waals surface area contributed by atoms with Gasteiger partial charge in [-0.25, -0.2) is 4.98 Å². The van der Waals surface area contributed by atoms with Gasteiger partial charge in [-0.3, -0.25) is 9.59 Å². The number of fused-ring (bicyclic) bond motifs is 1. The molecule has 0 radical (unpaired) electrons. The molecule has 1 aliphatic rings. The van der Waals surface area contributed by atoms with E-state index in [-0.39, 0.29) is 31.6 Å². The molecule has 3 heterocycles. The Morgan fingerprint density at radius 2 is 1.92 bits per heavy atom. The molecule has 0 bridgehead atoms. The van der Waals surface area contributed by atoms with Gasteiger partial charge in [-0.1, -0.05) is 36.4 Å². The van der Waals surface area contributed by atoms with Crippen LogP contribution in [0.2, 0.25) is 0 Å². The van der Waals surface area contributed by atoms with Crippen molar-refractivity contribution in [2.24, 2.45) is 5.92 Å². The van der Waals surface area contributed by atoms with Gasteiger partial charge in [-0.05, 0) is 43.5 Å². The Morgan fingerprint density at radius 3 is 2.68 bits per heavy atom. The molecule has 2 aromatic carbocycles. The van der Waals surface area contributed by atoms with Crippen LogP contribution in [0.3, 0.4) is 0 Å². The van der Waals surface area contributed by atoms with E-state index in [0.29, 0.717) is 26.4 Å². The fraction of sp³-hybridized carbons (Fsp3) is 0.296. The van der Waals surface area contributed by atoms with Gasteiger partial charge in [-0.2, -0.15) is 13.2 Å². The normalized spacial score (nSPS) is 18.2. The Balaban J connectivity index is 1.45. The van der Waals surface area contributed by atoms with E-state index in [1.807, 2.05) is 30.3 Å². The van der Waals surface area contributed by atoms with Gasteiger partial charge >= 0.3 is 6.18 Å². The first-order valence-corrected chi connectivity index (χ1v) is 12.7. The fourth-order valence-electron chi connectivity index (χ4n) is 4.92. The molecule has 10 heteroatoms. The van der Waals surface area contributed by atoms with Gasteiger partial charge in [0.2, 0.25) is 0 Å². The van der Waals surface area contributed by atoms with Crippen molar-refractivity contribution in [2.45, 2.75) is 32.0 Å². The first-order valence-electron chi connectivity index (χ1n) is 11.9. The van der Waals surface area contributed by atoms with Crippen LogP contribution < -0.4 is 5.32 Å². The Hall–Kier alpha value is -3.66. The van der Waals surface area contributed by atoms with E-state index in [1.54, 1.807) is 31.2 Å². The second-order valence-corrected chi connectivity index (χ2v) is 10.2. The van der Waals surface area contributed by atoms with Crippen molar-refractivity contribution in [3.63, 3.8) is 0 Å². The van der Waals surface area contributed by atoms with Crippen molar-refractivity contribution >= 4 is 34.1 Å². The number of aromatic nitrogens is 1. The molecule has 1 aliphatic heterocycles. The van der Waals surface area contributed by atoms with Crippen molar-refractivity contribution in [2.75, 3.05) is 13.1 Å². The number of hydrogen-bond acceptors (Lipinski definition) is 5. The molecule has 6 nitrogen and oxygen atoms in total. The lowest BCUT2D eigenvalue weighted by Gasteiger charge is -2.42. The van der Waals surface area contributed by atoms with Gasteiger partial charge < -0.3 is 14.6 Å². The molecule has 2 amide bonds. The smallest absolute Gasteiger partial charge is 0.393 e. The number of benzene rings is 2. The number of aryl methyl sites for hydroxylation is 1. The average Bonchev–Trinajstić information content (AvgIpc) is 3.53. The molecule has 0 saturated carbocycles. The molecule has 2 atom stereocenters. The molecular formula is C27H24F3N3O3S. The van der Waals surface area contributed by atoms with Crippen LogP contribution in [-0.4, -0.2) is 47.0 Å². The molecule has 37 heavy (non-hydrogen) atoms. The minimum atomic E-state index is -4.53. The summed E-state index contributed by atoms with van der Waals surface area (Å²) in [7, 11) is 0. The van der Waals surface area contributed by atoms with Crippen LogP contribution in [0.4, 0.5) is 13.2 Å². The molecule has 192 valence electrons. The van der Waals surface area contributed by atoms with Crippen molar-refractivity contribution in [3.8, 4) is 10.4 Å². The summed E-state index contributed by atoms with van der Waals surface area (Å²) >= 11 is 1.33. The Labute approximate surface area is 215 Å². The summed E-state index contributed by atoms with van der Waals surface area (Å²) in [4.78, 5) is 33.0. The Morgan fingerprint density at radius 1 is 1.14 bits per heavy atom. The highest BCUT2D eigenvalue weighted by molar-refractivity contribution is 7.15. The third kappa shape index (κ3) is 4.98. The predicted molar refractivity (Wildman–Crippen MR) is 134 cm³/mol. The SMILES string of the molecule is Cc1nc(C(=O)N2CCC[C@@H](C(F)(F)F)C2CNC(=O)c2cccc3occc23)c(-c2ccccc2)s1. The largest absolute Gasteiger partial charge is 0.464 e. The van der Waals surface area contributed by atoms with E-state index >= 15 is 0 Å². The monoisotopic (exact) mass is 527 g/mol. The highest BCUT2D eigenvalue weighted by Gasteiger charge is 2.49. The number of nitrogens with one attached hydrogen (secondary N) is 1. The summed E-state index contributed by atoms with van der Waals surface area (Å²) in [5.74, 6) is -2.86. The van der Waals surface area contributed by atoms with E-state index in [0.717, 1.165) is 5.56 Å². The summed E-state index contributed by atoms with van der Waals surface area (Å²) in [5, 5.41) is 3.86. The number of alkyl halides is 3. The maximum Gasteiger partial charge on any atom is 0.393 e.